The van der Waals surface area contributed by atoms with Crippen LogP contribution in [0.1, 0.15) is 49.8 Å². The van der Waals surface area contributed by atoms with Crippen LogP contribution in [0.2, 0.25) is 0 Å². The van der Waals surface area contributed by atoms with Gasteiger partial charge in [0.25, 0.3) is 0 Å². The van der Waals surface area contributed by atoms with E-state index in [1.54, 1.807) is 0 Å². The Bertz CT molecular complexity index is 386. The van der Waals surface area contributed by atoms with Crippen LogP contribution in [0, 0.1) is 5.92 Å². The maximum absolute atomic E-state index is 11.3. The van der Waals surface area contributed by atoms with Crippen molar-refractivity contribution in [3.05, 3.63) is 35.4 Å². The summed E-state index contributed by atoms with van der Waals surface area (Å²) in [4.78, 5) is 11.3. The molecule has 2 heteroatoms. The lowest BCUT2D eigenvalue weighted by atomic mass is 9.80. The van der Waals surface area contributed by atoms with Gasteiger partial charge in [-0.1, -0.05) is 31.2 Å². The Morgan fingerprint density at radius 2 is 1.83 bits per heavy atom. The molecule has 98 valence electrons. The third kappa shape index (κ3) is 2.99. The lowest BCUT2D eigenvalue weighted by molar-refractivity contribution is -0.121. The molecule has 2 rings (SSSR count). The Hall–Kier alpha value is -1.15. The van der Waals surface area contributed by atoms with E-state index in [1.807, 2.05) is 7.05 Å². The number of hydrogen-bond donors (Lipinski definition) is 1. The van der Waals surface area contributed by atoms with E-state index in [-0.39, 0.29) is 0 Å². The molecule has 0 saturated heterocycles. The number of carbonyl (C=O) groups excluding carboxylic acids is 1. The Balaban J connectivity index is 2.09. The van der Waals surface area contributed by atoms with E-state index in [1.165, 1.54) is 11.1 Å². The quantitative estimate of drug-likeness (QED) is 0.882. The molecule has 0 amide bonds. The zero-order chi connectivity index (χ0) is 13.0. The predicted octanol–water partition coefficient (Wildman–Crippen LogP) is 3.27. The van der Waals surface area contributed by atoms with E-state index < -0.39 is 0 Å². The number of carbonyl (C=O) groups is 1. The standard InChI is InChI=1S/C16H23NO/c1-3-12-4-6-13(7-5-12)16(17-2)14-8-10-15(18)11-9-14/h4-7,14,16-17H,3,8-11H2,1-2H3. The zero-order valence-corrected chi connectivity index (χ0v) is 11.4. The van der Waals surface area contributed by atoms with Crippen molar-refractivity contribution in [2.45, 2.75) is 45.1 Å². The molecule has 2 nitrogen and oxygen atoms in total. The van der Waals surface area contributed by atoms with Crippen LogP contribution in [-0.4, -0.2) is 12.8 Å². The number of rotatable bonds is 4. The lowest BCUT2D eigenvalue weighted by Gasteiger charge is -2.30. The topological polar surface area (TPSA) is 29.1 Å². The summed E-state index contributed by atoms with van der Waals surface area (Å²) < 4.78 is 0. The monoisotopic (exact) mass is 245 g/mol. The number of hydrogen-bond acceptors (Lipinski definition) is 2. The van der Waals surface area contributed by atoms with Gasteiger partial charge in [0.15, 0.2) is 0 Å². The van der Waals surface area contributed by atoms with E-state index >= 15 is 0 Å². The largest absolute Gasteiger partial charge is 0.313 e. The van der Waals surface area contributed by atoms with Gasteiger partial charge in [-0.25, -0.2) is 0 Å². The van der Waals surface area contributed by atoms with Crippen molar-refractivity contribution < 1.29 is 4.79 Å². The smallest absolute Gasteiger partial charge is 0.132 e. The molecule has 0 bridgehead atoms. The van der Waals surface area contributed by atoms with Gasteiger partial charge >= 0.3 is 0 Å². The van der Waals surface area contributed by atoms with Crippen molar-refractivity contribution in [1.29, 1.82) is 0 Å². The molecule has 1 unspecified atom stereocenters. The minimum absolute atomic E-state index is 0.393. The predicted molar refractivity (Wildman–Crippen MR) is 74.6 cm³/mol. The van der Waals surface area contributed by atoms with Gasteiger partial charge in [0.2, 0.25) is 0 Å². The number of nitrogens with one attached hydrogen (secondary N) is 1. The summed E-state index contributed by atoms with van der Waals surface area (Å²) in [6, 6.07) is 9.29. The Morgan fingerprint density at radius 3 is 2.33 bits per heavy atom. The van der Waals surface area contributed by atoms with Crippen molar-refractivity contribution in [1.82, 2.24) is 5.32 Å². The second kappa shape index (κ2) is 6.14. The van der Waals surface area contributed by atoms with Gasteiger partial charge in [-0.3, -0.25) is 4.79 Å². The maximum Gasteiger partial charge on any atom is 0.132 e. The van der Waals surface area contributed by atoms with E-state index in [0.29, 0.717) is 17.7 Å². The highest BCUT2D eigenvalue weighted by Crippen LogP contribution is 2.33. The summed E-state index contributed by atoms with van der Waals surface area (Å²) in [6.07, 6.45) is 4.66. The van der Waals surface area contributed by atoms with E-state index in [9.17, 15) is 4.79 Å². The Morgan fingerprint density at radius 1 is 1.22 bits per heavy atom. The molecule has 0 aromatic heterocycles. The van der Waals surface area contributed by atoms with E-state index in [0.717, 1.165) is 32.1 Å². The van der Waals surface area contributed by atoms with Crippen molar-refractivity contribution >= 4 is 5.78 Å². The van der Waals surface area contributed by atoms with Crippen LogP contribution >= 0.6 is 0 Å². The van der Waals surface area contributed by atoms with Crippen LogP contribution in [0.15, 0.2) is 24.3 Å². The van der Waals surface area contributed by atoms with Crippen LogP contribution in [0.4, 0.5) is 0 Å². The molecule has 1 saturated carbocycles. The molecule has 1 aromatic carbocycles. The summed E-state index contributed by atoms with van der Waals surface area (Å²) in [6.45, 7) is 2.18. The van der Waals surface area contributed by atoms with Gasteiger partial charge in [0.1, 0.15) is 5.78 Å². The zero-order valence-electron chi connectivity index (χ0n) is 11.4. The summed E-state index contributed by atoms with van der Waals surface area (Å²) in [7, 11) is 2.02. The highest BCUT2D eigenvalue weighted by Gasteiger charge is 2.26. The third-order valence-corrected chi connectivity index (χ3v) is 4.12. The molecular formula is C16H23NO. The van der Waals surface area contributed by atoms with Crippen molar-refractivity contribution in [2.75, 3.05) is 7.05 Å². The number of Topliss-reactive ketones (excluding diaryl/α,β-unsaturated/α-hetero) is 1. The summed E-state index contributed by atoms with van der Waals surface area (Å²) in [5.41, 5.74) is 2.74. The molecule has 1 aromatic rings. The molecule has 1 aliphatic rings. The van der Waals surface area contributed by atoms with Crippen LogP contribution in [-0.2, 0) is 11.2 Å². The summed E-state index contributed by atoms with van der Waals surface area (Å²) in [5, 5.41) is 3.43. The molecule has 0 heterocycles. The molecule has 1 N–H and O–H groups in total. The fraction of sp³-hybridized carbons (Fsp3) is 0.562. The van der Waals surface area contributed by atoms with Crippen molar-refractivity contribution in [3.63, 3.8) is 0 Å². The van der Waals surface area contributed by atoms with Crippen molar-refractivity contribution in [2.24, 2.45) is 5.92 Å². The van der Waals surface area contributed by atoms with E-state index in [2.05, 4.69) is 36.5 Å². The molecule has 1 aliphatic carbocycles. The molecule has 1 fully saturated rings. The Labute approximate surface area is 110 Å². The van der Waals surface area contributed by atoms with Crippen LogP contribution in [0.5, 0.6) is 0 Å². The number of ketones is 1. The van der Waals surface area contributed by atoms with Gasteiger partial charge < -0.3 is 5.32 Å². The van der Waals surface area contributed by atoms with Gasteiger partial charge in [0, 0.05) is 18.9 Å². The summed E-state index contributed by atoms with van der Waals surface area (Å²) in [5.74, 6) is 1.03. The minimum atomic E-state index is 0.393. The fourth-order valence-electron chi connectivity index (χ4n) is 2.93. The normalized spacial score (nSPS) is 18.9. The van der Waals surface area contributed by atoms with E-state index in [4.69, 9.17) is 0 Å². The third-order valence-electron chi connectivity index (χ3n) is 4.12. The maximum atomic E-state index is 11.3. The molecule has 0 radical (unpaired) electrons. The van der Waals surface area contributed by atoms with Crippen LogP contribution in [0.3, 0.4) is 0 Å². The van der Waals surface area contributed by atoms with Crippen LogP contribution in [0.25, 0.3) is 0 Å². The first kappa shape index (κ1) is 13.3. The number of benzene rings is 1. The van der Waals surface area contributed by atoms with Crippen molar-refractivity contribution in [3.8, 4) is 0 Å². The average Bonchev–Trinajstić information content (AvgIpc) is 2.42. The Kier molecular flexibility index (Phi) is 4.54. The highest BCUT2D eigenvalue weighted by atomic mass is 16.1. The highest BCUT2D eigenvalue weighted by molar-refractivity contribution is 5.79. The minimum Gasteiger partial charge on any atom is -0.313 e. The second-order valence-corrected chi connectivity index (χ2v) is 5.24. The molecule has 0 spiro atoms. The second-order valence-electron chi connectivity index (χ2n) is 5.24. The molecule has 1 atom stereocenters. The van der Waals surface area contributed by atoms with Crippen LogP contribution < -0.4 is 5.32 Å². The SMILES string of the molecule is CCc1ccc(C(NC)C2CCC(=O)CC2)cc1. The molecule has 0 aliphatic heterocycles. The first-order chi connectivity index (χ1) is 8.74. The van der Waals surface area contributed by atoms with Gasteiger partial charge in [-0.2, -0.15) is 0 Å². The summed E-state index contributed by atoms with van der Waals surface area (Å²) >= 11 is 0. The number of aryl methyl sites for hydroxylation is 1. The van der Waals surface area contributed by atoms with Gasteiger partial charge in [-0.05, 0) is 43.4 Å². The van der Waals surface area contributed by atoms with Gasteiger partial charge in [-0.15, -0.1) is 0 Å². The lowest BCUT2D eigenvalue weighted by Crippen LogP contribution is -2.28. The first-order valence-corrected chi connectivity index (χ1v) is 7.02. The van der Waals surface area contributed by atoms with Gasteiger partial charge in [0.05, 0.1) is 0 Å². The fourth-order valence-corrected chi connectivity index (χ4v) is 2.93. The average molecular weight is 245 g/mol. The molecule has 18 heavy (non-hydrogen) atoms. The first-order valence-electron chi connectivity index (χ1n) is 7.02. The molecular weight excluding hydrogens is 222 g/mol.